The molecule has 2 unspecified atom stereocenters. The van der Waals surface area contributed by atoms with Crippen molar-refractivity contribution in [2.24, 2.45) is 0 Å². The Morgan fingerprint density at radius 3 is 2.76 bits per heavy atom. The quantitative estimate of drug-likeness (QED) is 0.349. The summed E-state index contributed by atoms with van der Waals surface area (Å²) in [6, 6.07) is 0. The molecule has 0 spiro atoms. The van der Waals surface area contributed by atoms with Crippen LogP contribution in [0, 0.1) is 0 Å². The number of rotatable bonds is 9. The van der Waals surface area contributed by atoms with Crippen LogP contribution in [-0.2, 0) is 18.6 Å². The predicted molar refractivity (Wildman–Crippen MR) is 67.9 cm³/mol. The highest BCUT2D eigenvalue weighted by Crippen LogP contribution is 2.11. The summed E-state index contributed by atoms with van der Waals surface area (Å²) < 4.78 is 21.9. The van der Waals surface area contributed by atoms with Gasteiger partial charge < -0.3 is 18.6 Å². The zero-order chi connectivity index (χ0) is 11.8. The third-order valence-corrected chi connectivity index (χ3v) is 4.65. The van der Waals surface area contributed by atoms with Gasteiger partial charge in [0.2, 0.25) is 0 Å². The van der Waals surface area contributed by atoms with E-state index in [1.54, 1.807) is 0 Å². The lowest BCUT2D eigenvalue weighted by molar-refractivity contribution is 0.0544. The summed E-state index contributed by atoms with van der Waals surface area (Å²) in [5.41, 5.74) is 0.479. The maximum atomic E-state index is 5.75. The van der Waals surface area contributed by atoms with Gasteiger partial charge >= 0.3 is 0 Å². The summed E-state index contributed by atoms with van der Waals surface area (Å²) in [5, 5.41) is 0. The standard InChI is InChI=1S/C12H24O4Si/c1-2-7-14-12(5-1)17-16-8-4-3-6-13-9-11-10-15-11/h11-12H,1-10,17H2. The fourth-order valence-electron chi connectivity index (χ4n) is 1.94. The van der Waals surface area contributed by atoms with Gasteiger partial charge in [-0.3, -0.25) is 0 Å². The molecule has 5 heteroatoms. The van der Waals surface area contributed by atoms with E-state index in [2.05, 4.69) is 0 Å². The minimum atomic E-state index is -0.460. The Balaban J connectivity index is 1.31. The third-order valence-electron chi connectivity index (χ3n) is 3.11. The van der Waals surface area contributed by atoms with Gasteiger partial charge in [0.1, 0.15) is 6.10 Å². The molecule has 0 aromatic rings. The van der Waals surface area contributed by atoms with Crippen molar-refractivity contribution >= 4 is 9.76 Å². The Hall–Kier alpha value is 0.0569. The molecule has 2 aliphatic heterocycles. The van der Waals surface area contributed by atoms with E-state index in [0.717, 1.165) is 45.9 Å². The molecular formula is C12H24O4Si. The highest BCUT2D eigenvalue weighted by Gasteiger charge is 2.21. The van der Waals surface area contributed by atoms with E-state index < -0.39 is 9.76 Å². The van der Waals surface area contributed by atoms with Gasteiger partial charge in [-0.2, -0.15) is 0 Å². The molecule has 2 heterocycles. The number of hydrogen-bond donors (Lipinski definition) is 0. The van der Waals surface area contributed by atoms with Crippen molar-refractivity contribution < 1.29 is 18.6 Å². The van der Waals surface area contributed by atoms with Crippen molar-refractivity contribution in [3.05, 3.63) is 0 Å². The summed E-state index contributed by atoms with van der Waals surface area (Å²) >= 11 is 0. The van der Waals surface area contributed by atoms with Gasteiger partial charge in [0.25, 0.3) is 0 Å². The van der Waals surface area contributed by atoms with Crippen LogP contribution in [0.25, 0.3) is 0 Å². The monoisotopic (exact) mass is 260 g/mol. The summed E-state index contributed by atoms with van der Waals surface area (Å²) in [6.07, 6.45) is 6.35. The Labute approximate surface area is 106 Å². The minimum absolute atomic E-state index is 0.391. The van der Waals surface area contributed by atoms with Crippen molar-refractivity contribution in [1.29, 1.82) is 0 Å². The molecule has 2 saturated heterocycles. The van der Waals surface area contributed by atoms with Gasteiger partial charge in [-0.25, -0.2) is 0 Å². The van der Waals surface area contributed by atoms with Crippen LogP contribution >= 0.6 is 0 Å². The third kappa shape index (κ3) is 6.52. The molecule has 2 aliphatic rings. The Morgan fingerprint density at radius 2 is 2.00 bits per heavy atom. The lowest BCUT2D eigenvalue weighted by Crippen LogP contribution is -2.27. The van der Waals surface area contributed by atoms with Gasteiger partial charge in [-0.15, -0.1) is 0 Å². The molecule has 2 rings (SSSR count). The molecule has 0 aromatic carbocycles. The molecule has 0 N–H and O–H groups in total. The molecule has 0 radical (unpaired) electrons. The molecule has 17 heavy (non-hydrogen) atoms. The topological polar surface area (TPSA) is 40.2 Å². The lowest BCUT2D eigenvalue weighted by atomic mass is 10.2. The molecule has 2 atom stereocenters. The smallest absolute Gasteiger partial charge is 0.190 e. The average molecular weight is 260 g/mol. The molecule has 0 amide bonds. The summed E-state index contributed by atoms with van der Waals surface area (Å²) in [4.78, 5) is 0. The van der Waals surface area contributed by atoms with Crippen LogP contribution in [0.3, 0.4) is 0 Å². The van der Waals surface area contributed by atoms with Gasteiger partial charge in [0, 0.05) is 19.8 Å². The SMILES string of the molecule is C(CCO[SiH2]C1CCCCO1)COCC1CO1. The maximum absolute atomic E-state index is 5.75. The molecule has 0 aromatic heterocycles. The normalized spacial score (nSPS) is 28.9. The first-order valence-corrected chi connectivity index (χ1v) is 8.23. The van der Waals surface area contributed by atoms with Crippen LogP contribution in [0.15, 0.2) is 0 Å². The van der Waals surface area contributed by atoms with Gasteiger partial charge in [-0.1, -0.05) is 0 Å². The Kier molecular flexibility index (Phi) is 6.51. The molecule has 0 saturated carbocycles. The van der Waals surface area contributed by atoms with Gasteiger partial charge in [-0.05, 0) is 32.1 Å². The van der Waals surface area contributed by atoms with E-state index in [-0.39, 0.29) is 0 Å². The van der Waals surface area contributed by atoms with Crippen molar-refractivity contribution in [2.75, 3.05) is 33.0 Å². The first kappa shape index (κ1) is 13.5. The number of ether oxygens (including phenoxy) is 3. The van der Waals surface area contributed by atoms with E-state index in [0.29, 0.717) is 11.8 Å². The minimum Gasteiger partial charge on any atom is -0.421 e. The molecular weight excluding hydrogens is 236 g/mol. The van der Waals surface area contributed by atoms with Gasteiger partial charge in [0.15, 0.2) is 9.76 Å². The Morgan fingerprint density at radius 1 is 1.12 bits per heavy atom. The van der Waals surface area contributed by atoms with Crippen molar-refractivity contribution in [1.82, 2.24) is 0 Å². The summed E-state index contributed by atoms with van der Waals surface area (Å²) in [6.45, 7) is 4.32. The van der Waals surface area contributed by atoms with Crippen molar-refractivity contribution in [3.63, 3.8) is 0 Å². The van der Waals surface area contributed by atoms with Gasteiger partial charge in [0.05, 0.1) is 18.9 Å². The number of epoxide rings is 1. The maximum Gasteiger partial charge on any atom is 0.190 e. The van der Waals surface area contributed by atoms with Crippen LogP contribution < -0.4 is 0 Å². The van der Waals surface area contributed by atoms with Crippen LogP contribution in [0.2, 0.25) is 0 Å². The highest BCUT2D eigenvalue weighted by molar-refractivity contribution is 6.29. The second-order valence-electron chi connectivity index (χ2n) is 4.80. The largest absolute Gasteiger partial charge is 0.421 e. The van der Waals surface area contributed by atoms with Crippen LogP contribution in [0.5, 0.6) is 0 Å². The molecule has 100 valence electrons. The Bertz CT molecular complexity index is 193. The van der Waals surface area contributed by atoms with E-state index in [9.17, 15) is 0 Å². The predicted octanol–water partition coefficient (Wildman–Crippen LogP) is 0.809. The first-order valence-electron chi connectivity index (χ1n) is 6.84. The average Bonchev–Trinajstić information content (AvgIpc) is 3.18. The van der Waals surface area contributed by atoms with E-state index >= 15 is 0 Å². The van der Waals surface area contributed by atoms with Crippen LogP contribution in [-0.4, -0.2) is 54.6 Å². The number of unbranched alkanes of at least 4 members (excludes halogenated alkanes) is 1. The van der Waals surface area contributed by atoms with Crippen LogP contribution in [0.4, 0.5) is 0 Å². The van der Waals surface area contributed by atoms with E-state index in [1.165, 1.54) is 19.3 Å². The van der Waals surface area contributed by atoms with E-state index in [4.69, 9.17) is 18.6 Å². The lowest BCUT2D eigenvalue weighted by Gasteiger charge is -2.21. The highest BCUT2D eigenvalue weighted by atomic mass is 28.2. The fraction of sp³-hybridized carbons (Fsp3) is 1.00. The fourth-order valence-corrected chi connectivity index (χ4v) is 3.29. The molecule has 0 bridgehead atoms. The first-order chi connectivity index (χ1) is 8.45. The zero-order valence-corrected chi connectivity index (χ0v) is 12.0. The molecule has 2 fully saturated rings. The molecule has 4 nitrogen and oxygen atoms in total. The zero-order valence-electron chi connectivity index (χ0n) is 10.6. The molecule has 0 aliphatic carbocycles. The van der Waals surface area contributed by atoms with Crippen molar-refractivity contribution in [3.8, 4) is 0 Å². The second kappa shape index (κ2) is 8.21. The second-order valence-corrected chi connectivity index (χ2v) is 6.45. The number of hydrogen-bond acceptors (Lipinski definition) is 4. The summed E-state index contributed by atoms with van der Waals surface area (Å²) in [7, 11) is -0.460. The van der Waals surface area contributed by atoms with Crippen molar-refractivity contribution in [2.45, 2.75) is 43.9 Å². The van der Waals surface area contributed by atoms with E-state index in [1.807, 2.05) is 0 Å². The summed E-state index contributed by atoms with van der Waals surface area (Å²) in [5.74, 6) is 0. The van der Waals surface area contributed by atoms with Crippen LogP contribution in [0.1, 0.15) is 32.1 Å².